The Bertz CT molecular complexity index is 482. The Hall–Kier alpha value is -1.95. The van der Waals surface area contributed by atoms with Crippen molar-refractivity contribution in [3.63, 3.8) is 0 Å². The molecule has 0 aromatic carbocycles. The Morgan fingerprint density at radius 2 is 2.06 bits per heavy atom. The van der Waals surface area contributed by atoms with Crippen molar-refractivity contribution in [1.82, 2.24) is 15.0 Å². The van der Waals surface area contributed by atoms with Crippen LogP contribution >= 0.6 is 11.8 Å². The van der Waals surface area contributed by atoms with Gasteiger partial charge in [0.15, 0.2) is 0 Å². The summed E-state index contributed by atoms with van der Waals surface area (Å²) in [4.78, 5) is 13.1. The number of hydrogen-bond acceptors (Lipinski definition) is 5. The van der Waals surface area contributed by atoms with Crippen molar-refractivity contribution >= 4 is 17.6 Å². The van der Waals surface area contributed by atoms with Gasteiger partial charge in [0.2, 0.25) is 0 Å². The van der Waals surface area contributed by atoms with Gasteiger partial charge in [-0.3, -0.25) is 15.4 Å². The molecule has 0 aliphatic carbocycles. The maximum atomic E-state index is 7.21. The summed E-state index contributed by atoms with van der Waals surface area (Å²) in [6.07, 6.45) is 6.61. The minimum atomic E-state index is -0.0314. The summed E-state index contributed by atoms with van der Waals surface area (Å²) >= 11 is 1.46. The first-order valence-electron chi connectivity index (χ1n) is 4.50. The van der Waals surface area contributed by atoms with Gasteiger partial charge in [-0.1, -0.05) is 11.8 Å². The van der Waals surface area contributed by atoms with Crippen LogP contribution in [0.3, 0.4) is 0 Å². The lowest BCUT2D eigenvalue weighted by molar-refractivity contribution is 1.05. The van der Waals surface area contributed by atoms with Crippen molar-refractivity contribution in [2.24, 2.45) is 5.73 Å². The lowest BCUT2D eigenvalue weighted by Crippen LogP contribution is -2.12. The molecule has 80 valence electrons. The highest BCUT2D eigenvalue weighted by molar-refractivity contribution is 7.99. The van der Waals surface area contributed by atoms with Gasteiger partial charge in [-0.25, -0.2) is 4.98 Å². The van der Waals surface area contributed by atoms with Crippen LogP contribution in [0, 0.1) is 5.41 Å². The molecule has 2 heterocycles. The standard InChI is InChI=1S/C10H9N5S/c11-10(12)8-2-1-7(5-15-8)16-9-6-13-3-4-14-9/h1-6H,(H3,11,12). The molecule has 16 heavy (non-hydrogen) atoms. The third-order valence-electron chi connectivity index (χ3n) is 1.77. The van der Waals surface area contributed by atoms with Crippen molar-refractivity contribution in [1.29, 1.82) is 5.41 Å². The average molecular weight is 231 g/mol. The largest absolute Gasteiger partial charge is 0.382 e. The zero-order chi connectivity index (χ0) is 11.4. The number of nitrogens with one attached hydrogen (secondary N) is 1. The van der Waals surface area contributed by atoms with Crippen LogP contribution in [-0.2, 0) is 0 Å². The second-order valence-electron chi connectivity index (χ2n) is 2.94. The third-order valence-corrected chi connectivity index (χ3v) is 2.67. The first kappa shape index (κ1) is 10.6. The molecule has 0 fully saturated rings. The van der Waals surface area contributed by atoms with E-state index >= 15 is 0 Å². The van der Waals surface area contributed by atoms with Gasteiger partial charge in [-0.05, 0) is 12.1 Å². The minimum Gasteiger partial charge on any atom is -0.382 e. The average Bonchev–Trinajstić information content (AvgIpc) is 2.31. The number of nitrogen functional groups attached to an aromatic ring is 1. The Morgan fingerprint density at radius 3 is 2.62 bits per heavy atom. The van der Waals surface area contributed by atoms with Gasteiger partial charge in [0.25, 0.3) is 0 Å². The molecular weight excluding hydrogens is 222 g/mol. The van der Waals surface area contributed by atoms with Crippen LogP contribution in [-0.4, -0.2) is 20.8 Å². The number of aromatic nitrogens is 3. The fraction of sp³-hybridized carbons (Fsp3) is 0. The predicted molar refractivity (Wildman–Crippen MR) is 61.4 cm³/mol. The highest BCUT2D eigenvalue weighted by Gasteiger charge is 2.01. The zero-order valence-electron chi connectivity index (χ0n) is 8.29. The Balaban J connectivity index is 2.14. The Labute approximate surface area is 96.7 Å². The lowest BCUT2D eigenvalue weighted by Gasteiger charge is -2.01. The van der Waals surface area contributed by atoms with E-state index < -0.39 is 0 Å². The van der Waals surface area contributed by atoms with E-state index in [1.807, 2.05) is 6.07 Å². The number of amidine groups is 1. The molecule has 0 unspecified atom stereocenters. The summed E-state index contributed by atoms with van der Waals surface area (Å²) < 4.78 is 0. The molecule has 0 radical (unpaired) electrons. The molecule has 3 N–H and O–H groups in total. The molecule has 0 spiro atoms. The molecule has 0 aliphatic heterocycles. The number of pyridine rings is 1. The van der Waals surface area contributed by atoms with Crippen molar-refractivity contribution in [2.45, 2.75) is 9.92 Å². The van der Waals surface area contributed by atoms with E-state index in [0.29, 0.717) is 5.69 Å². The van der Waals surface area contributed by atoms with Crippen LogP contribution in [0.2, 0.25) is 0 Å². The first-order valence-corrected chi connectivity index (χ1v) is 5.31. The lowest BCUT2D eigenvalue weighted by atomic mass is 10.3. The number of rotatable bonds is 3. The normalized spacial score (nSPS) is 10.0. The molecular formula is C10H9N5S. The van der Waals surface area contributed by atoms with Crippen molar-refractivity contribution in [2.75, 3.05) is 0 Å². The van der Waals surface area contributed by atoms with Crippen LogP contribution in [0.25, 0.3) is 0 Å². The van der Waals surface area contributed by atoms with Gasteiger partial charge < -0.3 is 5.73 Å². The molecule has 0 amide bonds. The van der Waals surface area contributed by atoms with Crippen LogP contribution in [0.15, 0.2) is 46.8 Å². The van der Waals surface area contributed by atoms with Crippen LogP contribution in [0.4, 0.5) is 0 Å². The van der Waals surface area contributed by atoms with Crippen molar-refractivity contribution < 1.29 is 0 Å². The summed E-state index contributed by atoms with van der Waals surface area (Å²) in [7, 11) is 0. The molecule has 2 aromatic rings. The number of hydrogen-bond donors (Lipinski definition) is 2. The molecule has 6 heteroatoms. The van der Waals surface area contributed by atoms with E-state index in [9.17, 15) is 0 Å². The molecule has 0 aliphatic rings. The Kier molecular flexibility index (Phi) is 3.11. The highest BCUT2D eigenvalue weighted by atomic mass is 32.2. The molecule has 5 nitrogen and oxygen atoms in total. The maximum Gasteiger partial charge on any atom is 0.141 e. The summed E-state index contributed by atoms with van der Waals surface area (Å²) in [5.74, 6) is -0.0314. The van der Waals surface area contributed by atoms with Gasteiger partial charge >= 0.3 is 0 Å². The molecule has 2 rings (SSSR count). The zero-order valence-corrected chi connectivity index (χ0v) is 9.11. The van der Waals surface area contributed by atoms with E-state index in [-0.39, 0.29) is 5.84 Å². The topological polar surface area (TPSA) is 88.5 Å². The van der Waals surface area contributed by atoms with Crippen LogP contribution in [0.1, 0.15) is 5.69 Å². The van der Waals surface area contributed by atoms with E-state index in [4.69, 9.17) is 11.1 Å². The monoisotopic (exact) mass is 231 g/mol. The van der Waals surface area contributed by atoms with Crippen molar-refractivity contribution in [3.8, 4) is 0 Å². The summed E-state index contributed by atoms with van der Waals surface area (Å²) in [5.41, 5.74) is 5.78. The number of nitrogens with zero attached hydrogens (tertiary/aromatic N) is 3. The van der Waals surface area contributed by atoms with Crippen LogP contribution in [0.5, 0.6) is 0 Å². The van der Waals surface area contributed by atoms with Crippen molar-refractivity contribution in [3.05, 3.63) is 42.6 Å². The Morgan fingerprint density at radius 1 is 1.19 bits per heavy atom. The fourth-order valence-corrected chi connectivity index (χ4v) is 1.77. The van der Waals surface area contributed by atoms with Crippen LogP contribution < -0.4 is 5.73 Å². The minimum absolute atomic E-state index is 0.0314. The van der Waals surface area contributed by atoms with E-state index in [1.165, 1.54) is 11.8 Å². The fourth-order valence-electron chi connectivity index (χ4n) is 1.06. The first-order chi connectivity index (χ1) is 7.75. The molecule has 2 aromatic heterocycles. The van der Waals surface area contributed by atoms with Gasteiger partial charge in [0.1, 0.15) is 16.6 Å². The molecule has 0 atom stereocenters. The van der Waals surface area contributed by atoms with Gasteiger partial charge in [-0.15, -0.1) is 0 Å². The smallest absolute Gasteiger partial charge is 0.141 e. The molecule has 0 bridgehead atoms. The summed E-state index contributed by atoms with van der Waals surface area (Å²) in [6.45, 7) is 0. The molecule has 0 saturated carbocycles. The maximum absolute atomic E-state index is 7.21. The van der Waals surface area contributed by atoms with E-state index in [0.717, 1.165) is 9.92 Å². The SMILES string of the molecule is N=C(N)c1ccc(Sc2cnccn2)cn1. The quantitative estimate of drug-likeness (QED) is 0.614. The predicted octanol–water partition coefficient (Wildman–Crippen LogP) is 1.31. The van der Waals surface area contributed by atoms with E-state index in [2.05, 4.69) is 15.0 Å². The highest BCUT2D eigenvalue weighted by Crippen LogP contribution is 2.23. The summed E-state index contributed by atoms with van der Waals surface area (Å²) in [6, 6.07) is 3.56. The molecule has 0 saturated heterocycles. The third kappa shape index (κ3) is 2.54. The van der Waals surface area contributed by atoms with Gasteiger partial charge in [0, 0.05) is 23.5 Å². The summed E-state index contributed by atoms with van der Waals surface area (Å²) in [5, 5.41) is 8.02. The number of nitrogens with two attached hydrogens (primary N) is 1. The second kappa shape index (κ2) is 4.71. The van der Waals surface area contributed by atoms with E-state index in [1.54, 1.807) is 30.9 Å². The van der Waals surface area contributed by atoms with Gasteiger partial charge in [0.05, 0.1) is 6.20 Å². The van der Waals surface area contributed by atoms with Gasteiger partial charge in [-0.2, -0.15) is 0 Å². The second-order valence-corrected chi connectivity index (χ2v) is 4.03.